The molecule has 3 heteroatoms. The molecular weight excluding hydrogens is 224 g/mol. The van der Waals surface area contributed by atoms with E-state index in [9.17, 15) is 4.79 Å². The lowest BCUT2D eigenvalue weighted by Gasteiger charge is -2.18. The van der Waals surface area contributed by atoms with Crippen LogP contribution in [0.15, 0.2) is 36.4 Å². The number of hydrogen-bond acceptors (Lipinski definition) is 2. The second kappa shape index (κ2) is 4.33. The first-order valence-electron chi connectivity index (χ1n) is 6.33. The van der Waals surface area contributed by atoms with Crippen LogP contribution in [0.1, 0.15) is 23.2 Å². The van der Waals surface area contributed by atoms with Crippen molar-refractivity contribution in [2.75, 3.05) is 18.0 Å². The average Bonchev–Trinajstić information content (AvgIpc) is 2.91. The molecule has 0 spiro atoms. The summed E-state index contributed by atoms with van der Waals surface area (Å²) in [7, 11) is 0. The van der Waals surface area contributed by atoms with Crippen molar-refractivity contribution >= 4 is 22.4 Å². The van der Waals surface area contributed by atoms with Crippen LogP contribution in [-0.2, 0) is 0 Å². The van der Waals surface area contributed by atoms with Crippen molar-refractivity contribution in [1.82, 2.24) is 0 Å². The zero-order valence-corrected chi connectivity index (χ0v) is 10.2. The van der Waals surface area contributed by atoms with Crippen LogP contribution in [0.4, 0.5) is 5.69 Å². The van der Waals surface area contributed by atoms with Crippen LogP contribution in [0.5, 0.6) is 0 Å². The molecule has 1 heterocycles. The van der Waals surface area contributed by atoms with Gasteiger partial charge in [-0.05, 0) is 41.8 Å². The van der Waals surface area contributed by atoms with Gasteiger partial charge in [0, 0.05) is 24.3 Å². The summed E-state index contributed by atoms with van der Waals surface area (Å²) in [6.45, 7) is 2.20. The third-order valence-corrected chi connectivity index (χ3v) is 3.60. The third-order valence-electron chi connectivity index (χ3n) is 3.60. The Kier molecular flexibility index (Phi) is 2.67. The summed E-state index contributed by atoms with van der Waals surface area (Å²) >= 11 is 0. The van der Waals surface area contributed by atoms with Gasteiger partial charge < -0.3 is 10.6 Å². The SMILES string of the molecule is NC(=O)c1cccc2ccc(N3CCCC3)cc12. The highest BCUT2D eigenvalue weighted by atomic mass is 16.1. The minimum Gasteiger partial charge on any atom is -0.372 e. The number of carbonyl (C=O) groups is 1. The highest BCUT2D eigenvalue weighted by Crippen LogP contribution is 2.27. The Labute approximate surface area is 106 Å². The number of anilines is 1. The maximum atomic E-state index is 11.5. The second-order valence-corrected chi connectivity index (χ2v) is 4.77. The smallest absolute Gasteiger partial charge is 0.249 e. The van der Waals surface area contributed by atoms with Crippen molar-refractivity contribution in [1.29, 1.82) is 0 Å². The molecule has 0 unspecified atom stereocenters. The van der Waals surface area contributed by atoms with Crippen molar-refractivity contribution in [3.05, 3.63) is 42.0 Å². The molecule has 3 rings (SSSR count). The molecule has 0 radical (unpaired) electrons. The van der Waals surface area contributed by atoms with Gasteiger partial charge in [0.1, 0.15) is 0 Å². The Morgan fingerprint density at radius 1 is 1.11 bits per heavy atom. The van der Waals surface area contributed by atoms with E-state index >= 15 is 0 Å². The molecule has 2 N–H and O–H groups in total. The first kappa shape index (κ1) is 11.1. The summed E-state index contributed by atoms with van der Waals surface area (Å²) in [6, 6.07) is 11.9. The van der Waals surface area contributed by atoms with E-state index in [2.05, 4.69) is 23.1 Å². The molecule has 0 bridgehead atoms. The standard InChI is InChI=1S/C15H16N2O/c16-15(18)13-5-3-4-11-6-7-12(10-14(11)13)17-8-1-2-9-17/h3-7,10H,1-2,8-9H2,(H2,16,18). The van der Waals surface area contributed by atoms with Crippen LogP contribution < -0.4 is 10.6 Å². The fourth-order valence-corrected chi connectivity index (χ4v) is 2.65. The summed E-state index contributed by atoms with van der Waals surface area (Å²) in [5.41, 5.74) is 7.22. The van der Waals surface area contributed by atoms with Gasteiger partial charge in [-0.3, -0.25) is 4.79 Å². The number of carbonyl (C=O) groups excluding carboxylic acids is 1. The van der Waals surface area contributed by atoms with Crippen LogP contribution in [0, 0.1) is 0 Å². The van der Waals surface area contributed by atoms with Crippen molar-refractivity contribution < 1.29 is 4.79 Å². The molecule has 1 saturated heterocycles. The minimum absolute atomic E-state index is 0.362. The quantitative estimate of drug-likeness (QED) is 0.876. The molecule has 0 saturated carbocycles. The van der Waals surface area contributed by atoms with Crippen LogP contribution in [0.2, 0.25) is 0 Å². The summed E-state index contributed by atoms with van der Waals surface area (Å²) in [5.74, 6) is -0.362. The Hall–Kier alpha value is -2.03. The molecule has 3 nitrogen and oxygen atoms in total. The Morgan fingerprint density at radius 2 is 1.89 bits per heavy atom. The molecule has 1 aliphatic heterocycles. The Balaban J connectivity index is 2.14. The molecule has 1 aliphatic rings. The van der Waals surface area contributed by atoms with Crippen molar-refractivity contribution in [2.24, 2.45) is 5.73 Å². The van der Waals surface area contributed by atoms with E-state index in [-0.39, 0.29) is 5.91 Å². The second-order valence-electron chi connectivity index (χ2n) is 4.77. The van der Waals surface area contributed by atoms with Gasteiger partial charge in [0.15, 0.2) is 0 Å². The maximum Gasteiger partial charge on any atom is 0.249 e. The third kappa shape index (κ3) is 1.82. The molecule has 2 aromatic carbocycles. The van der Waals surface area contributed by atoms with Crippen molar-refractivity contribution in [2.45, 2.75) is 12.8 Å². The van der Waals surface area contributed by atoms with E-state index in [0.717, 1.165) is 23.9 Å². The van der Waals surface area contributed by atoms with E-state index < -0.39 is 0 Å². The van der Waals surface area contributed by atoms with Gasteiger partial charge in [-0.15, -0.1) is 0 Å². The fourth-order valence-electron chi connectivity index (χ4n) is 2.65. The van der Waals surface area contributed by atoms with Crippen LogP contribution in [0.3, 0.4) is 0 Å². The van der Waals surface area contributed by atoms with Crippen LogP contribution in [0.25, 0.3) is 10.8 Å². The van der Waals surface area contributed by atoms with Crippen molar-refractivity contribution in [3.63, 3.8) is 0 Å². The van der Waals surface area contributed by atoms with Gasteiger partial charge >= 0.3 is 0 Å². The lowest BCUT2D eigenvalue weighted by atomic mass is 10.0. The summed E-state index contributed by atoms with van der Waals surface area (Å²) in [5, 5.41) is 2.02. The average molecular weight is 240 g/mol. The first-order chi connectivity index (χ1) is 8.75. The van der Waals surface area contributed by atoms with Gasteiger partial charge in [0.2, 0.25) is 5.91 Å². The normalized spacial score (nSPS) is 15.2. The number of nitrogens with zero attached hydrogens (tertiary/aromatic N) is 1. The number of benzene rings is 2. The van der Waals surface area contributed by atoms with Gasteiger partial charge in [-0.2, -0.15) is 0 Å². The van der Waals surface area contributed by atoms with E-state index in [1.54, 1.807) is 6.07 Å². The van der Waals surface area contributed by atoms with Gasteiger partial charge in [-0.1, -0.05) is 18.2 Å². The van der Waals surface area contributed by atoms with Gasteiger partial charge in [0.05, 0.1) is 0 Å². The topological polar surface area (TPSA) is 46.3 Å². The number of hydrogen-bond donors (Lipinski definition) is 1. The van der Waals surface area contributed by atoms with Crippen LogP contribution >= 0.6 is 0 Å². The molecule has 0 atom stereocenters. The molecule has 0 aliphatic carbocycles. The number of rotatable bonds is 2. The highest BCUT2D eigenvalue weighted by Gasteiger charge is 2.14. The summed E-state index contributed by atoms with van der Waals surface area (Å²) in [4.78, 5) is 13.8. The Morgan fingerprint density at radius 3 is 2.61 bits per heavy atom. The molecule has 1 fully saturated rings. The van der Waals surface area contributed by atoms with Crippen LogP contribution in [-0.4, -0.2) is 19.0 Å². The largest absolute Gasteiger partial charge is 0.372 e. The molecule has 2 aromatic rings. The molecule has 0 aromatic heterocycles. The summed E-state index contributed by atoms with van der Waals surface area (Å²) in [6.07, 6.45) is 2.49. The van der Waals surface area contributed by atoms with E-state index in [1.807, 2.05) is 12.1 Å². The van der Waals surface area contributed by atoms with Crippen molar-refractivity contribution in [3.8, 4) is 0 Å². The maximum absolute atomic E-state index is 11.5. The number of nitrogens with two attached hydrogens (primary N) is 1. The molecular formula is C15H16N2O. The number of primary amides is 1. The van der Waals surface area contributed by atoms with Gasteiger partial charge in [0.25, 0.3) is 0 Å². The highest BCUT2D eigenvalue weighted by molar-refractivity contribution is 6.07. The zero-order valence-electron chi connectivity index (χ0n) is 10.2. The predicted octanol–water partition coefficient (Wildman–Crippen LogP) is 2.54. The lowest BCUT2D eigenvalue weighted by molar-refractivity contribution is 0.100. The zero-order chi connectivity index (χ0) is 12.5. The monoisotopic (exact) mass is 240 g/mol. The van der Waals surface area contributed by atoms with E-state index in [4.69, 9.17) is 5.73 Å². The molecule has 1 amide bonds. The fraction of sp³-hybridized carbons (Fsp3) is 0.267. The lowest BCUT2D eigenvalue weighted by Crippen LogP contribution is -2.17. The minimum atomic E-state index is -0.362. The number of amides is 1. The number of fused-ring (bicyclic) bond motifs is 1. The molecule has 18 heavy (non-hydrogen) atoms. The summed E-state index contributed by atoms with van der Waals surface area (Å²) < 4.78 is 0. The van der Waals surface area contributed by atoms with Gasteiger partial charge in [-0.25, -0.2) is 0 Å². The predicted molar refractivity (Wildman–Crippen MR) is 73.9 cm³/mol. The van der Waals surface area contributed by atoms with E-state index in [0.29, 0.717) is 5.56 Å². The first-order valence-corrected chi connectivity index (χ1v) is 6.33. The van der Waals surface area contributed by atoms with E-state index in [1.165, 1.54) is 18.5 Å². The molecule has 92 valence electrons. The Bertz CT molecular complexity index is 600.